The van der Waals surface area contributed by atoms with Gasteiger partial charge in [-0.15, -0.1) is 0 Å². The number of aromatic amines is 1. The minimum Gasteiger partial charge on any atom is -0.508 e. The number of phenolic OH excluding ortho intramolecular Hbond substituents is 1. The number of hydrogen-bond donors (Lipinski definition) is 3. The van der Waals surface area contributed by atoms with Crippen LogP contribution in [0, 0.1) is 0 Å². The molecular formula is C25H26ClN5O. The van der Waals surface area contributed by atoms with Gasteiger partial charge in [0.05, 0.1) is 10.7 Å². The SMILES string of the molecule is CN1CCC(c2cc3c(-c4nc(NCc5ccc(O)cc5)ccc4Cl)ccnc3[nH]2)CC1. The van der Waals surface area contributed by atoms with E-state index in [9.17, 15) is 5.11 Å². The van der Waals surface area contributed by atoms with Crippen LogP contribution < -0.4 is 5.32 Å². The second-order valence-corrected chi connectivity index (χ2v) is 8.88. The maximum atomic E-state index is 9.46. The summed E-state index contributed by atoms with van der Waals surface area (Å²) >= 11 is 6.58. The van der Waals surface area contributed by atoms with E-state index in [2.05, 4.69) is 33.3 Å². The lowest BCUT2D eigenvalue weighted by molar-refractivity contribution is 0.254. The predicted molar refractivity (Wildman–Crippen MR) is 129 cm³/mol. The molecule has 1 aliphatic rings. The molecule has 32 heavy (non-hydrogen) atoms. The summed E-state index contributed by atoms with van der Waals surface area (Å²) in [6, 6.07) is 15.1. The van der Waals surface area contributed by atoms with Crippen LogP contribution in [0.4, 0.5) is 5.82 Å². The first kappa shape index (κ1) is 20.8. The Bertz CT molecular complexity index is 1230. The van der Waals surface area contributed by atoms with E-state index in [0.29, 0.717) is 17.5 Å². The lowest BCUT2D eigenvalue weighted by Gasteiger charge is -2.28. The summed E-state index contributed by atoms with van der Waals surface area (Å²) in [5.74, 6) is 1.52. The highest BCUT2D eigenvalue weighted by Gasteiger charge is 2.21. The molecule has 3 N–H and O–H groups in total. The highest BCUT2D eigenvalue weighted by molar-refractivity contribution is 6.33. The molecule has 0 amide bonds. The molecule has 0 unspecified atom stereocenters. The van der Waals surface area contributed by atoms with Gasteiger partial charge in [0.1, 0.15) is 17.2 Å². The molecule has 164 valence electrons. The molecule has 1 aliphatic heterocycles. The van der Waals surface area contributed by atoms with Gasteiger partial charge in [-0.3, -0.25) is 0 Å². The first-order valence-corrected chi connectivity index (χ1v) is 11.3. The fourth-order valence-corrected chi connectivity index (χ4v) is 4.54. The third kappa shape index (κ3) is 4.29. The number of H-pyrrole nitrogens is 1. The molecule has 4 aromatic rings. The molecule has 0 aliphatic carbocycles. The lowest BCUT2D eigenvalue weighted by Crippen LogP contribution is -2.29. The molecule has 0 atom stereocenters. The summed E-state index contributed by atoms with van der Waals surface area (Å²) < 4.78 is 0. The number of aromatic hydroxyl groups is 1. The van der Waals surface area contributed by atoms with E-state index >= 15 is 0 Å². The van der Waals surface area contributed by atoms with Crippen molar-refractivity contribution in [2.24, 2.45) is 0 Å². The normalized spacial score (nSPS) is 15.3. The highest BCUT2D eigenvalue weighted by atomic mass is 35.5. The summed E-state index contributed by atoms with van der Waals surface area (Å²) in [7, 11) is 2.18. The predicted octanol–water partition coefficient (Wildman–Crippen LogP) is 5.41. The maximum absolute atomic E-state index is 9.46. The van der Waals surface area contributed by atoms with E-state index in [1.807, 2.05) is 30.3 Å². The number of rotatable bonds is 5. The average molecular weight is 448 g/mol. The van der Waals surface area contributed by atoms with Gasteiger partial charge < -0.3 is 20.3 Å². The molecule has 0 radical (unpaired) electrons. The Morgan fingerprint density at radius 3 is 2.69 bits per heavy atom. The molecule has 0 spiro atoms. The first-order chi connectivity index (χ1) is 15.6. The van der Waals surface area contributed by atoms with Gasteiger partial charge in [-0.05, 0) is 74.9 Å². The Morgan fingerprint density at radius 1 is 1.12 bits per heavy atom. The minimum atomic E-state index is 0.258. The Kier molecular flexibility index (Phi) is 5.72. The van der Waals surface area contributed by atoms with Crippen LogP contribution in [0.15, 0.2) is 54.7 Å². The third-order valence-electron chi connectivity index (χ3n) is 6.22. The molecule has 1 saturated heterocycles. The van der Waals surface area contributed by atoms with E-state index in [0.717, 1.165) is 59.6 Å². The molecule has 5 rings (SSSR count). The monoisotopic (exact) mass is 447 g/mol. The van der Waals surface area contributed by atoms with Crippen molar-refractivity contribution in [3.8, 4) is 17.0 Å². The van der Waals surface area contributed by atoms with Crippen molar-refractivity contribution in [3.63, 3.8) is 0 Å². The topological polar surface area (TPSA) is 77.1 Å². The van der Waals surface area contributed by atoms with Gasteiger partial charge in [0.2, 0.25) is 0 Å². The second-order valence-electron chi connectivity index (χ2n) is 8.47. The van der Waals surface area contributed by atoms with E-state index in [-0.39, 0.29) is 5.75 Å². The summed E-state index contributed by atoms with van der Waals surface area (Å²) in [6.07, 6.45) is 4.10. The summed E-state index contributed by atoms with van der Waals surface area (Å²) in [4.78, 5) is 15.3. The molecule has 1 fully saturated rings. The van der Waals surface area contributed by atoms with Crippen molar-refractivity contribution < 1.29 is 5.11 Å². The average Bonchev–Trinajstić information content (AvgIpc) is 3.25. The van der Waals surface area contributed by atoms with Crippen molar-refractivity contribution in [1.29, 1.82) is 0 Å². The smallest absolute Gasteiger partial charge is 0.138 e. The summed E-state index contributed by atoms with van der Waals surface area (Å²) in [5, 5.41) is 14.5. The number of pyridine rings is 2. The van der Waals surface area contributed by atoms with E-state index in [4.69, 9.17) is 16.6 Å². The molecule has 0 bridgehead atoms. The van der Waals surface area contributed by atoms with Crippen molar-refractivity contribution in [2.75, 3.05) is 25.5 Å². The number of anilines is 1. The third-order valence-corrected chi connectivity index (χ3v) is 6.53. The molecule has 6 nitrogen and oxygen atoms in total. The zero-order valence-electron chi connectivity index (χ0n) is 18.0. The van der Waals surface area contributed by atoms with Gasteiger partial charge in [-0.1, -0.05) is 23.7 Å². The fourth-order valence-electron chi connectivity index (χ4n) is 4.33. The Balaban J connectivity index is 1.44. The summed E-state index contributed by atoms with van der Waals surface area (Å²) in [5.41, 5.74) is 4.88. The van der Waals surface area contributed by atoms with Crippen molar-refractivity contribution in [2.45, 2.75) is 25.3 Å². The van der Waals surface area contributed by atoms with Gasteiger partial charge in [-0.2, -0.15) is 0 Å². The zero-order valence-corrected chi connectivity index (χ0v) is 18.7. The molecule has 0 saturated carbocycles. The van der Waals surface area contributed by atoms with Crippen LogP contribution >= 0.6 is 11.6 Å². The number of hydrogen-bond acceptors (Lipinski definition) is 5. The van der Waals surface area contributed by atoms with Crippen molar-refractivity contribution in [1.82, 2.24) is 19.9 Å². The molecule has 4 heterocycles. The van der Waals surface area contributed by atoms with E-state index in [1.54, 1.807) is 18.3 Å². The van der Waals surface area contributed by atoms with Gasteiger partial charge >= 0.3 is 0 Å². The number of halogens is 1. The van der Waals surface area contributed by atoms with E-state index in [1.165, 1.54) is 5.69 Å². The fraction of sp³-hybridized carbons (Fsp3) is 0.280. The standard InChI is InChI=1S/C25H26ClN5O/c1-31-12-9-17(10-13-31)22-14-20-19(8-11-27-25(20)29-22)24-21(26)6-7-23(30-24)28-15-16-2-4-18(32)5-3-16/h2-8,11,14,17,32H,9-10,12-13,15H2,1H3,(H,27,29)(H,28,30). The number of benzene rings is 1. The maximum Gasteiger partial charge on any atom is 0.138 e. The number of likely N-dealkylation sites (tertiary alicyclic amines) is 1. The molecule has 3 aromatic heterocycles. The van der Waals surface area contributed by atoms with Crippen LogP contribution in [-0.2, 0) is 6.54 Å². The molecule has 1 aromatic carbocycles. The summed E-state index contributed by atoms with van der Waals surface area (Å²) in [6.45, 7) is 2.83. The van der Waals surface area contributed by atoms with Gasteiger partial charge in [0.25, 0.3) is 0 Å². The Morgan fingerprint density at radius 2 is 1.91 bits per heavy atom. The number of nitrogens with one attached hydrogen (secondary N) is 2. The number of fused-ring (bicyclic) bond motifs is 1. The van der Waals surface area contributed by atoms with Crippen LogP contribution in [0.3, 0.4) is 0 Å². The number of aromatic nitrogens is 3. The van der Waals surface area contributed by atoms with Crippen LogP contribution in [0.25, 0.3) is 22.3 Å². The molecular weight excluding hydrogens is 422 g/mol. The minimum absolute atomic E-state index is 0.258. The van der Waals surface area contributed by atoms with Crippen LogP contribution in [0.2, 0.25) is 5.02 Å². The van der Waals surface area contributed by atoms with E-state index < -0.39 is 0 Å². The number of piperidine rings is 1. The van der Waals surface area contributed by atoms with Gasteiger partial charge in [0.15, 0.2) is 0 Å². The van der Waals surface area contributed by atoms with Gasteiger partial charge in [0, 0.05) is 35.3 Å². The number of phenols is 1. The van der Waals surface area contributed by atoms with Gasteiger partial charge in [-0.25, -0.2) is 9.97 Å². The lowest BCUT2D eigenvalue weighted by atomic mass is 9.93. The first-order valence-electron chi connectivity index (χ1n) is 10.9. The number of nitrogens with zero attached hydrogens (tertiary/aromatic N) is 3. The highest BCUT2D eigenvalue weighted by Crippen LogP contribution is 2.35. The van der Waals surface area contributed by atoms with Crippen LogP contribution in [-0.4, -0.2) is 45.1 Å². The zero-order chi connectivity index (χ0) is 22.1. The second kappa shape index (κ2) is 8.81. The van der Waals surface area contributed by atoms with Crippen molar-refractivity contribution in [3.05, 3.63) is 71.0 Å². The van der Waals surface area contributed by atoms with Crippen molar-refractivity contribution >= 4 is 28.5 Å². The van der Waals surface area contributed by atoms with Crippen LogP contribution in [0.5, 0.6) is 5.75 Å². The van der Waals surface area contributed by atoms with Crippen LogP contribution in [0.1, 0.15) is 30.0 Å². The quantitative estimate of drug-likeness (QED) is 0.381. The largest absolute Gasteiger partial charge is 0.508 e. The Hall–Kier alpha value is -3.09. The molecule has 7 heteroatoms. The Labute approximate surface area is 192 Å².